The van der Waals surface area contributed by atoms with Gasteiger partial charge in [0.15, 0.2) is 0 Å². The van der Waals surface area contributed by atoms with Crippen molar-refractivity contribution in [3.8, 4) is 0 Å². The molecular formula is C20H26N4O. The lowest BCUT2D eigenvalue weighted by molar-refractivity contribution is 0.0741. The first-order valence-corrected chi connectivity index (χ1v) is 8.98. The second-order valence-corrected chi connectivity index (χ2v) is 6.47. The molecule has 0 unspecified atom stereocenters. The Morgan fingerprint density at radius 1 is 1.16 bits per heavy atom. The van der Waals surface area contributed by atoms with Gasteiger partial charge in [0.25, 0.3) is 5.91 Å². The fourth-order valence-corrected chi connectivity index (χ4v) is 3.08. The summed E-state index contributed by atoms with van der Waals surface area (Å²) in [6, 6.07) is 12.3. The number of nitrogens with one attached hydrogen (secondary N) is 1. The number of carbonyl (C=O) groups is 1. The third-order valence-corrected chi connectivity index (χ3v) is 4.49. The number of hydrogen-bond acceptors (Lipinski definition) is 4. The number of aryl methyl sites for hydroxylation is 1. The van der Waals surface area contributed by atoms with Crippen LogP contribution in [-0.2, 0) is 0 Å². The molecule has 0 bridgehead atoms. The number of hydrogen-bond donors (Lipinski definition) is 1. The lowest BCUT2D eigenvalue weighted by atomic mass is 10.2. The Morgan fingerprint density at radius 3 is 2.68 bits per heavy atom. The third-order valence-electron chi connectivity index (χ3n) is 4.49. The fourth-order valence-electron chi connectivity index (χ4n) is 3.08. The molecule has 2 heterocycles. The van der Waals surface area contributed by atoms with Crippen LogP contribution in [0.15, 0.2) is 42.6 Å². The van der Waals surface area contributed by atoms with E-state index in [1.165, 1.54) is 11.3 Å². The average Bonchev–Trinajstić information content (AvgIpc) is 2.66. The molecule has 0 spiro atoms. The Morgan fingerprint density at radius 2 is 1.96 bits per heavy atom. The van der Waals surface area contributed by atoms with Gasteiger partial charge in [0.05, 0.1) is 0 Å². The van der Waals surface area contributed by atoms with Gasteiger partial charge in [-0.25, -0.2) is 0 Å². The number of anilines is 2. The van der Waals surface area contributed by atoms with Gasteiger partial charge in [-0.3, -0.25) is 9.78 Å². The molecule has 0 aliphatic carbocycles. The van der Waals surface area contributed by atoms with Gasteiger partial charge in [0.1, 0.15) is 5.69 Å². The molecular weight excluding hydrogens is 312 g/mol. The van der Waals surface area contributed by atoms with Crippen molar-refractivity contribution in [1.29, 1.82) is 0 Å². The molecule has 1 aromatic heterocycles. The molecule has 3 rings (SSSR count). The van der Waals surface area contributed by atoms with E-state index in [9.17, 15) is 4.79 Å². The summed E-state index contributed by atoms with van der Waals surface area (Å²) in [4.78, 5) is 21.2. The number of amides is 1. The number of nitrogens with zero attached hydrogens (tertiary/aromatic N) is 3. The summed E-state index contributed by atoms with van der Waals surface area (Å²) in [5, 5.41) is 3.31. The van der Waals surface area contributed by atoms with Crippen molar-refractivity contribution in [2.45, 2.75) is 20.3 Å². The summed E-state index contributed by atoms with van der Waals surface area (Å²) in [7, 11) is 0. The van der Waals surface area contributed by atoms with E-state index in [1.807, 2.05) is 17.0 Å². The SMILES string of the molecule is CCCNc1ccnc(C(=O)N2CCN(c3cccc(C)c3)CC2)c1. The van der Waals surface area contributed by atoms with E-state index in [0.29, 0.717) is 5.69 Å². The summed E-state index contributed by atoms with van der Waals surface area (Å²) >= 11 is 0. The lowest BCUT2D eigenvalue weighted by Gasteiger charge is -2.36. The number of rotatable bonds is 5. The number of piperazine rings is 1. The Bertz CT molecular complexity index is 723. The van der Waals surface area contributed by atoms with Gasteiger partial charge < -0.3 is 15.1 Å². The normalized spacial score (nSPS) is 14.5. The third kappa shape index (κ3) is 4.29. The van der Waals surface area contributed by atoms with Gasteiger partial charge in [-0.05, 0) is 43.2 Å². The van der Waals surface area contributed by atoms with E-state index in [2.05, 4.69) is 53.3 Å². The zero-order valence-electron chi connectivity index (χ0n) is 15.0. The quantitative estimate of drug-likeness (QED) is 0.910. The molecule has 1 aliphatic rings. The van der Waals surface area contributed by atoms with Crippen LogP contribution in [0.3, 0.4) is 0 Å². The van der Waals surface area contributed by atoms with E-state index in [0.717, 1.165) is 44.8 Å². The molecule has 1 fully saturated rings. The van der Waals surface area contributed by atoms with Crippen molar-refractivity contribution in [2.75, 3.05) is 42.9 Å². The van der Waals surface area contributed by atoms with Gasteiger partial charge in [0, 0.05) is 50.3 Å². The molecule has 1 aromatic carbocycles. The van der Waals surface area contributed by atoms with E-state index < -0.39 is 0 Å². The summed E-state index contributed by atoms with van der Waals surface area (Å²) in [6.45, 7) is 8.27. The highest BCUT2D eigenvalue weighted by Gasteiger charge is 2.23. The summed E-state index contributed by atoms with van der Waals surface area (Å²) in [5.74, 6) is 0.0176. The molecule has 132 valence electrons. The molecule has 0 radical (unpaired) electrons. The molecule has 5 nitrogen and oxygen atoms in total. The monoisotopic (exact) mass is 338 g/mol. The molecule has 1 saturated heterocycles. The van der Waals surface area contributed by atoms with Crippen LogP contribution in [0.25, 0.3) is 0 Å². The summed E-state index contributed by atoms with van der Waals surface area (Å²) < 4.78 is 0. The van der Waals surface area contributed by atoms with Crippen LogP contribution in [0.2, 0.25) is 0 Å². The molecule has 5 heteroatoms. The van der Waals surface area contributed by atoms with E-state index in [1.54, 1.807) is 6.20 Å². The molecule has 0 saturated carbocycles. The van der Waals surface area contributed by atoms with Crippen LogP contribution in [0.4, 0.5) is 11.4 Å². The van der Waals surface area contributed by atoms with Crippen LogP contribution in [0, 0.1) is 6.92 Å². The van der Waals surface area contributed by atoms with E-state index in [4.69, 9.17) is 0 Å². The minimum atomic E-state index is 0.0176. The zero-order chi connectivity index (χ0) is 17.6. The first-order valence-electron chi connectivity index (χ1n) is 8.98. The van der Waals surface area contributed by atoms with E-state index in [-0.39, 0.29) is 5.91 Å². The number of carbonyl (C=O) groups excluding carboxylic acids is 1. The average molecular weight is 338 g/mol. The smallest absolute Gasteiger partial charge is 0.272 e. The fraction of sp³-hybridized carbons (Fsp3) is 0.400. The van der Waals surface area contributed by atoms with Crippen LogP contribution in [-0.4, -0.2) is 48.5 Å². The Kier molecular flexibility index (Phi) is 5.53. The molecule has 1 amide bonds. The summed E-state index contributed by atoms with van der Waals surface area (Å²) in [6.07, 6.45) is 2.75. The first-order chi connectivity index (χ1) is 12.2. The standard InChI is InChI=1S/C20H26N4O/c1-3-8-21-17-7-9-22-19(15-17)20(25)24-12-10-23(11-13-24)18-6-4-5-16(2)14-18/h4-7,9,14-15H,3,8,10-13H2,1-2H3,(H,21,22). The highest BCUT2D eigenvalue weighted by atomic mass is 16.2. The van der Waals surface area contributed by atoms with E-state index >= 15 is 0 Å². The molecule has 1 N–H and O–H groups in total. The number of pyridine rings is 1. The van der Waals surface area contributed by atoms with Crippen LogP contribution in [0.5, 0.6) is 0 Å². The van der Waals surface area contributed by atoms with Gasteiger partial charge in [-0.2, -0.15) is 0 Å². The van der Waals surface area contributed by atoms with Crippen LogP contribution >= 0.6 is 0 Å². The van der Waals surface area contributed by atoms with Crippen molar-refractivity contribution in [3.63, 3.8) is 0 Å². The van der Waals surface area contributed by atoms with Gasteiger partial charge in [0.2, 0.25) is 0 Å². The van der Waals surface area contributed by atoms with Crippen molar-refractivity contribution in [3.05, 3.63) is 53.9 Å². The number of aromatic nitrogens is 1. The highest BCUT2D eigenvalue weighted by Crippen LogP contribution is 2.19. The van der Waals surface area contributed by atoms with Gasteiger partial charge >= 0.3 is 0 Å². The number of benzene rings is 1. The van der Waals surface area contributed by atoms with Crippen molar-refractivity contribution in [2.24, 2.45) is 0 Å². The Hall–Kier alpha value is -2.56. The van der Waals surface area contributed by atoms with Gasteiger partial charge in [-0.1, -0.05) is 19.1 Å². The Labute approximate surface area is 149 Å². The topological polar surface area (TPSA) is 48.5 Å². The summed E-state index contributed by atoms with van der Waals surface area (Å²) in [5.41, 5.74) is 3.97. The van der Waals surface area contributed by atoms with Gasteiger partial charge in [-0.15, -0.1) is 0 Å². The largest absolute Gasteiger partial charge is 0.385 e. The molecule has 0 atom stereocenters. The molecule has 1 aliphatic heterocycles. The maximum Gasteiger partial charge on any atom is 0.272 e. The maximum atomic E-state index is 12.7. The van der Waals surface area contributed by atoms with Crippen molar-refractivity contribution in [1.82, 2.24) is 9.88 Å². The predicted molar refractivity (Wildman–Crippen MR) is 102 cm³/mol. The van der Waals surface area contributed by atoms with Crippen molar-refractivity contribution >= 4 is 17.3 Å². The Balaban J connectivity index is 1.61. The van der Waals surface area contributed by atoms with Crippen molar-refractivity contribution < 1.29 is 4.79 Å². The second kappa shape index (κ2) is 8.01. The van der Waals surface area contributed by atoms with Crippen LogP contribution < -0.4 is 10.2 Å². The van der Waals surface area contributed by atoms with Crippen LogP contribution in [0.1, 0.15) is 29.4 Å². The zero-order valence-corrected chi connectivity index (χ0v) is 15.0. The minimum Gasteiger partial charge on any atom is -0.385 e. The predicted octanol–water partition coefficient (Wildman–Crippen LogP) is 3.17. The minimum absolute atomic E-state index is 0.0176. The first kappa shape index (κ1) is 17.3. The molecule has 2 aromatic rings. The second-order valence-electron chi connectivity index (χ2n) is 6.47. The highest BCUT2D eigenvalue weighted by molar-refractivity contribution is 5.93. The lowest BCUT2D eigenvalue weighted by Crippen LogP contribution is -2.49. The molecule has 25 heavy (non-hydrogen) atoms. The maximum absolute atomic E-state index is 12.7.